The molecular weight excluding hydrogens is 407 g/mol. The molecule has 5 rings (SSSR count). The van der Waals surface area contributed by atoms with Gasteiger partial charge in [0.15, 0.2) is 16.9 Å². The van der Waals surface area contributed by atoms with Gasteiger partial charge in [-0.3, -0.25) is 9.78 Å². The maximum atomic E-state index is 14.3. The van der Waals surface area contributed by atoms with Crippen molar-refractivity contribution in [2.24, 2.45) is 0 Å². The Bertz CT molecular complexity index is 1280. The Morgan fingerprint density at radius 1 is 1.22 bits per heavy atom. The van der Waals surface area contributed by atoms with Crippen molar-refractivity contribution >= 4 is 27.8 Å². The average molecular weight is 435 g/mol. The summed E-state index contributed by atoms with van der Waals surface area (Å²) >= 11 is 0. The highest BCUT2D eigenvalue weighted by Gasteiger charge is 2.33. The lowest BCUT2D eigenvalue weighted by Crippen LogP contribution is -2.25. The summed E-state index contributed by atoms with van der Waals surface area (Å²) < 4.78 is 25.8. The zero-order chi connectivity index (χ0) is 22.8. The van der Waals surface area contributed by atoms with Crippen LogP contribution in [0.3, 0.4) is 0 Å². The smallest absolute Gasteiger partial charge is 0.223 e. The molecule has 2 aromatic heterocycles. The summed E-state index contributed by atoms with van der Waals surface area (Å²) in [6, 6.07) is 10.9. The fraction of sp³-hybridized carbons (Fsp3) is 0.308. The number of aryl methyl sites for hydroxylation is 1. The van der Waals surface area contributed by atoms with Gasteiger partial charge in [-0.15, -0.1) is 0 Å². The van der Waals surface area contributed by atoms with E-state index in [1.807, 2.05) is 45.0 Å². The lowest BCUT2D eigenvalue weighted by molar-refractivity contribution is -0.128. The number of benzene rings is 2. The zero-order valence-corrected chi connectivity index (χ0v) is 18.8. The molecule has 1 unspecified atom stereocenters. The predicted octanol–water partition coefficient (Wildman–Crippen LogP) is 5.98. The number of hydrogen-bond donors (Lipinski definition) is 0. The van der Waals surface area contributed by atoms with E-state index in [0.717, 1.165) is 21.9 Å². The predicted molar refractivity (Wildman–Crippen MR) is 123 cm³/mol. The van der Waals surface area contributed by atoms with Crippen molar-refractivity contribution in [2.75, 3.05) is 13.7 Å². The van der Waals surface area contributed by atoms with Gasteiger partial charge in [-0.2, -0.15) is 0 Å². The van der Waals surface area contributed by atoms with Crippen molar-refractivity contribution in [3.8, 4) is 5.75 Å². The second-order valence-corrected chi connectivity index (χ2v) is 7.81. The first-order chi connectivity index (χ1) is 15.5. The number of ether oxygens (including phenoxy) is 1. The van der Waals surface area contributed by atoms with Gasteiger partial charge in [0.05, 0.1) is 13.3 Å². The molecule has 0 saturated carbocycles. The molecule has 1 amide bonds. The number of fused-ring (bicyclic) bond motifs is 3. The molecule has 0 radical (unpaired) electrons. The van der Waals surface area contributed by atoms with Crippen molar-refractivity contribution in [2.45, 2.75) is 39.7 Å². The first-order valence-electron chi connectivity index (χ1n) is 10.9. The quantitative estimate of drug-likeness (QED) is 0.396. The van der Waals surface area contributed by atoms with Gasteiger partial charge in [0.1, 0.15) is 5.82 Å². The van der Waals surface area contributed by atoms with E-state index >= 15 is 0 Å². The normalized spacial score (nSPS) is 15.8. The summed E-state index contributed by atoms with van der Waals surface area (Å²) in [5.41, 5.74) is 3.78. The molecule has 1 fully saturated rings. The number of aromatic nitrogens is 1. The van der Waals surface area contributed by atoms with Crippen LogP contribution >= 0.6 is 0 Å². The van der Waals surface area contributed by atoms with Crippen molar-refractivity contribution in [3.63, 3.8) is 0 Å². The summed E-state index contributed by atoms with van der Waals surface area (Å²) in [4.78, 5) is 18.6. The van der Waals surface area contributed by atoms with Gasteiger partial charge in [0.2, 0.25) is 5.91 Å². The number of carbonyl (C=O) groups excluding carboxylic acids is 1. The van der Waals surface area contributed by atoms with Crippen molar-refractivity contribution < 1.29 is 18.3 Å². The van der Waals surface area contributed by atoms with Crippen LogP contribution in [0.15, 0.2) is 53.2 Å². The SMILES string of the molecule is CC.COc1ccc(C2CC(=O)N(Cc3ccc(C)cc3F)C2)c2c1oc1cnccc12. The average Bonchev–Trinajstić information content (AvgIpc) is 3.37. The van der Waals surface area contributed by atoms with Crippen LogP contribution in [0.4, 0.5) is 4.39 Å². The number of likely N-dealkylation sites (tertiary alicyclic amines) is 1. The molecule has 1 aliphatic heterocycles. The van der Waals surface area contributed by atoms with E-state index in [1.54, 1.807) is 30.5 Å². The minimum atomic E-state index is -0.272. The van der Waals surface area contributed by atoms with E-state index in [1.165, 1.54) is 6.07 Å². The van der Waals surface area contributed by atoms with Crippen LogP contribution in [-0.2, 0) is 11.3 Å². The monoisotopic (exact) mass is 434 g/mol. The molecular formula is C26H27FN2O3. The molecule has 0 aliphatic carbocycles. The van der Waals surface area contributed by atoms with Gasteiger partial charge in [-0.05, 0) is 36.2 Å². The summed E-state index contributed by atoms with van der Waals surface area (Å²) in [6.07, 6.45) is 3.80. The lowest BCUT2D eigenvalue weighted by atomic mass is 9.93. The molecule has 0 bridgehead atoms. The highest BCUT2D eigenvalue weighted by molar-refractivity contribution is 6.08. The van der Waals surface area contributed by atoms with Gasteiger partial charge in [-0.25, -0.2) is 4.39 Å². The summed E-state index contributed by atoms with van der Waals surface area (Å²) in [6.45, 7) is 6.66. The number of furan rings is 1. The first kappa shape index (κ1) is 21.8. The number of hydrogen-bond acceptors (Lipinski definition) is 4. The topological polar surface area (TPSA) is 55.6 Å². The Balaban J connectivity index is 0.00000119. The molecule has 3 heterocycles. The highest BCUT2D eigenvalue weighted by Crippen LogP contribution is 2.42. The molecule has 32 heavy (non-hydrogen) atoms. The molecule has 1 aliphatic rings. The van der Waals surface area contributed by atoms with Crippen LogP contribution in [0, 0.1) is 12.7 Å². The number of halogens is 1. The summed E-state index contributed by atoms with van der Waals surface area (Å²) in [5.74, 6) is 0.395. The third-order valence-corrected chi connectivity index (χ3v) is 5.86. The summed E-state index contributed by atoms with van der Waals surface area (Å²) in [5, 5.41) is 1.90. The molecule has 1 saturated heterocycles. The van der Waals surface area contributed by atoms with Crippen LogP contribution in [-0.4, -0.2) is 29.4 Å². The molecule has 0 spiro atoms. The number of pyridine rings is 1. The van der Waals surface area contributed by atoms with Crippen LogP contribution in [0.25, 0.3) is 21.9 Å². The Morgan fingerprint density at radius 3 is 2.78 bits per heavy atom. The standard InChI is InChI=1S/C24H21FN2O3.C2H6/c1-14-3-4-15(19(25)9-14)12-27-13-16(10-22(27)28)17-5-6-20(29-2)24-23(17)18-7-8-26-11-21(18)30-24;1-2/h3-9,11,16H,10,12-13H2,1-2H3;1-2H3. The second-order valence-electron chi connectivity index (χ2n) is 7.81. The molecule has 5 nitrogen and oxygen atoms in total. The van der Waals surface area contributed by atoms with Gasteiger partial charge < -0.3 is 14.1 Å². The van der Waals surface area contributed by atoms with E-state index in [9.17, 15) is 9.18 Å². The fourth-order valence-electron chi connectivity index (χ4n) is 4.36. The van der Waals surface area contributed by atoms with Crippen LogP contribution in [0.2, 0.25) is 0 Å². The molecule has 1 atom stereocenters. The van der Waals surface area contributed by atoms with E-state index in [2.05, 4.69) is 4.98 Å². The zero-order valence-electron chi connectivity index (χ0n) is 18.8. The van der Waals surface area contributed by atoms with Crippen LogP contribution in [0.1, 0.15) is 42.9 Å². The van der Waals surface area contributed by atoms with Crippen LogP contribution < -0.4 is 4.74 Å². The number of amides is 1. The third-order valence-electron chi connectivity index (χ3n) is 5.86. The van der Waals surface area contributed by atoms with Gasteiger partial charge in [0, 0.05) is 48.0 Å². The molecule has 4 aromatic rings. The van der Waals surface area contributed by atoms with Crippen LogP contribution in [0.5, 0.6) is 5.75 Å². The maximum Gasteiger partial charge on any atom is 0.223 e. The Labute approximate surface area is 186 Å². The number of rotatable bonds is 4. The van der Waals surface area contributed by atoms with Gasteiger partial charge in [0.25, 0.3) is 0 Å². The van der Waals surface area contributed by atoms with E-state index in [-0.39, 0.29) is 24.2 Å². The van der Waals surface area contributed by atoms with Gasteiger partial charge in [-0.1, -0.05) is 32.0 Å². The van der Waals surface area contributed by atoms with Crippen molar-refractivity contribution in [1.29, 1.82) is 0 Å². The largest absolute Gasteiger partial charge is 0.493 e. The molecule has 6 heteroatoms. The minimum Gasteiger partial charge on any atom is -0.493 e. The number of methoxy groups -OCH3 is 1. The second kappa shape index (κ2) is 8.99. The van der Waals surface area contributed by atoms with E-state index in [0.29, 0.717) is 35.4 Å². The third kappa shape index (κ3) is 3.81. The molecule has 2 aromatic carbocycles. The van der Waals surface area contributed by atoms with E-state index < -0.39 is 0 Å². The highest BCUT2D eigenvalue weighted by atomic mass is 19.1. The maximum absolute atomic E-state index is 14.3. The Kier molecular flexibility index (Phi) is 6.12. The first-order valence-corrected chi connectivity index (χ1v) is 10.9. The number of nitrogens with zero attached hydrogens (tertiary/aromatic N) is 2. The van der Waals surface area contributed by atoms with E-state index in [4.69, 9.17) is 9.15 Å². The summed E-state index contributed by atoms with van der Waals surface area (Å²) in [7, 11) is 1.61. The fourth-order valence-corrected chi connectivity index (χ4v) is 4.36. The Hall–Kier alpha value is -3.41. The minimum absolute atomic E-state index is 0.00613. The van der Waals surface area contributed by atoms with Crippen molar-refractivity contribution in [3.05, 3.63) is 71.3 Å². The lowest BCUT2D eigenvalue weighted by Gasteiger charge is -2.18. The Morgan fingerprint density at radius 2 is 2.03 bits per heavy atom. The molecule has 0 N–H and O–H groups in total. The number of carbonyl (C=O) groups is 1. The van der Waals surface area contributed by atoms with Crippen molar-refractivity contribution in [1.82, 2.24) is 9.88 Å². The molecule has 166 valence electrons. The van der Waals surface area contributed by atoms with Gasteiger partial charge >= 0.3 is 0 Å².